The van der Waals surface area contributed by atoms with Gasteiger partial charge in [0.1, 0.15) is 0 Å². The first kappa shape index (κ1) is 13.7. The molecule has 0 saturated carbocycles. The number of aliphatic hydroxyl groups excluding tert-OH is 1. The first-order valence-electron chi connectivity index (χ1n) is 5.82. The van der Waals surface area contributed by atoms with Crippen LogP contribution < -0.4 is 0 Å². The third-order valence-corrected chi connectivity index (χ3v) is 2.50. The average molecular weight is 198 g/mol. The molecule has 0 heterocycles. The Hall–Kier alpha value is -0.300. The largest absolute Gasteiger partial charge is 0.396 e. The lowest BCUT2D eigenvalue weighted by Gasteiger charge is -2.08. The minimum absolute atomic E-state index is 0.329. The molecular weight excluding hydrogens is 172 g/mol. The molecule has 0 aliphatic carbocycles. The quantitative estimate of drug-likeness (QED) is 0.617. The van der Waals surface area contributed by atoms with E-state index in [4.69, 9.17) is 5.11 Å². The van der Waals surface area contributed by atoms with Crippen LogP contribution in [0.3, 0.4) is 0 Å². The summed E-state index contributed by atoms with van der Waals surface area (Å²) in [6, 6.07) is 0. The van der Waals surface area contributed by atoms with Gasteiger partial charge in [-0.15, -0.1) is 0 Å². The van der Waals surface area contributed by atoms with Crippen LogP contribution in [0.2, 0.25) is 0 Å². The van der Waals surface area contributed by atoms with E-state index in [-0.39, 0.29) is 0 Å². The van der Waals surface area contributed by atoms with Gasteiger partial charge in [-0.2, -0.15) is 0 Å². The van der Waals surface area contributed by atoms with Crippen molar-refractivity contribution in [3.8, 4) is 0 Å². The normalized spacial score (nSPS) is 14.9. The van der Waals surface area contributed by atoms with Gasteiger partial charge in [-0.3, -0.25) is 0 Å². The molecule has 1 heteroatoms. The number of aliphatic hydroxyl groups is 1. The van der Waals surface area contributed by atoms with E-state index in [1.807, 2.05) is 0 Å². The maximum atomic E-state index is 8.75. The summed E-state index contributed by atoms with van der Waals surface area (Å²) >= 11 is 0. The predicted molar refractivity (Wildman–Crippen MR) is 63.3 cm³/mol. The van der Waals surface area contributed by atoms with Crippen molar-refractivity contribution in [2.45, 2.75) is 53.4 Å². The average Bonchev–Trinajstić information content (AvgIpc) is 2.02. The van der Waals surface area contributed by atoms with Gasteiger partial charge in [0.25, 0.3) is 0 Å². The Kier molecular flexibility index (Phi) is 7.87. The van der Waals surface area contributed by atoms with E-state index in [0.29, 0.717) is 12.5 Å². The summed E-state index contributed by atoms with van der Waals surface area (Å²) in [6.07, 6.45) is 6.88. The third-order valence-electron chi connectivity index (χ3n) is 2.50. The van der Waals surface area contributed by atoms with E-state index in [9.17, 15) is 0 Å². The molecule has 0 rings (SSSR count). The van der Waals surface area contributed by atoms with Gasteiger partial charge in [0.2, 0.25) is 0 Å². The van der Waals surface area contributed by atoms with Gasteiger partial charge in [0, 0.05) is 6.61 Å². The van der Waals surface area contributed by atoms with E-state index in [1.54, 1.807) is 0 Å². The van der Waals surface area contributed by atoms with Crippen molar-refractivity contribution in [2.75, 3.05) is 6.61 Å². The maximum Gasteiger partial charge on any atom is 0.0433 e. The monoisotopic (exact) mass is 198 g/mol. The highest BCUT2D eigenvalue weighted by molar-refractivity contribution is 4.98. The Morgan fingerprint density at radius 2 is 1.86 bits per heavy atom. The molecule has 1 N–H and O–H groups in total. The molecule has 0 aliphatic heterocycles. The fraction of sp³-hybridized carbons (Fsp3) is 0.846. The van der Waals surface area contributed by atoms with Crippen LogP contribution >= 0.6 is 0 Å². The zero-order valence-electron chi connectivity index (χ0n) is 10.2. The van der Waals surface area contributed by atoms with Gasteiger partial charge in [-0.05, 0) is 44.4 Å². The van der Waals surface area contributed by atoms with Crippen LogP contribution in [0.1, 0.15) is 53.4 Å². The summed E-state index contributed by atoms with van der Waals surface area (Å²) in [7, 11) is 0. The molecule has 0 spiro atoms. The predicted octanol–water partition coefficient (Wildman–Crippen LogP) is 3.78. The highest BCUT2D eigenvalue weighted by Gasteiger charge is 2.00. The molecule has 1 atom stereocenters. The zero-order valence-corrected chi connectivity index (χ0v) is 10.2. The van der Waals surface area contributed by atoms with Crippen LogP contribution in [0.25, 0.3) is 0 Å². The van der Waals surface area contributed by atoms with Crippen molar-refractivity contribution in [2.24, 2.45) is 11.8 Å². The number of hydrogen-bond donors (Lipinski definition) is 1. The van der Waals surface area contributed by atoms with E-state index in [0.717, 1.165) is 12.3 Å². The minimum Gasteiger partial charge on any atom is -0.396 e. The molecular formula is C13H26O. The van der Waals surface area contributed by atoms with Crippen LogP contribution in [-0.4, -0.2) is 11.7 Å². The molecule has 1 nitrogen and oxygen atoms in total. The Morgan fingerprint density at radius 1 is 1.21 bits per heavy atom. The van der Waals surface area contributed by atoms with Crippen LogP contribution in [0, 0.1) is 11.8 Å². The van der Waals surface area contributed by atoms with Crippen molar-refractivity contribution in [1.29, 1.82) is 0 Å². The zero-order chi connectivity index (χ0) is 11.0. The summed E-state index contributed by atoms with van der Waals surface area (Å²) in [5, 5.41) is 8.75. The van der Waals surface area contributed by atoms with Gasteiger partial charge in [-0.25, -0.2) is 0 Å². The molecule has 0 aliphatic rings. The van der Waals surface area contributed by atoms with Gasteiger partial charge in [0.05, 0.1) is 0 Å². The topological polar surface area (TPSA) is 20.2 Å². The molecule has 0 amide bonds. The molecule has 0 radical (unpaired) electrons. The fourth-order valence-electron chi connectivity index (χ4n) is 1.71. The Balaban J connectivity index is 3.59. The number of allylic oxidation sites excluding steroid dienone is 2. The first-order chi connectivity index (χ1) is 6.56. The lowest BCUT2D eigenvalue weighted by molar-refractivity contribution is 0.259. The van der Waals surface area contributed by atoms with Crippen molar-refractivity contribution in [1.82, 2.24) is 0 Å². The number of rotatable bonds is 7. The molecule has 14 heavy (non-hydrogen) atoms. The highest BCUT2D eigenvalue weighted by Crippen LogP contribution is 2.14. The van der Waals surface area contributed by atoms with Crippen molar-refractivity contribution < 1.29 is 5.11 Å². The molecule has 0 aromatic carbocycles. The maximum absolute atomic E-state index is 8.75. The Morgan fingerprint density at radius 3 is 2.36 bits per heavy atom. The summed E-state index contributed by atoms with van der Waals surface area (Å²) in [5.74, 6) is 1.42. The summed E-state index contributed by atoms with van der Waals surface area (Å²) in [4.78, 5) is 0. The van der Waals surface area contributed by atoms with E-state index < -0.39 is 0 Å². The Labute approximate surface area is 89.2 Å². The van der Waals surface area contributed by atoms with Gasteiger partial charge >= 0.3 is 0 Å². The van der Waals surface area contributed by atoms with Crippen LogP contribution in [0.4, 0.5) is 0 Å². The van der Waals surface area contributed by atoms with Gasteiger partial charge in [-0.1, -0.05) is 32.4 Å². The summed E-state index contributed by atoms with van der Waals surface area (Å²) in [5.41, 5.74) is 1.51. The standard InChI is InChI=1S/C13H26O/c1-11(2)10-13(4)7-5-6-12(3)8-9-14/h7,11-12,14H,5-6,8-10H2,1-4H3. The van der Waals surface area contributed by atoms with Crippen LogP contribution in [-0.2, 0) is 0 Å². The molecule has 1 unspecified atom stereocenters. The second kappa shape index (κ2) is 8.05. The second-order valence-corrected chi connectivity index (χ2v) is 4.84. The molecule has 0 aromatic heterocycles. The van der Waals surface area contributed by atoms with Crippen LogP contribution in [0.15, 0.2) is 11.6 Å². The van der Waals surface area contributed by atoms with E-state index >= 15 is 0 Å². The molecule has 0 fully saturated rings. The SMILES string of the molecule is CC(=CCCC(C)CCO)CC(C)C. The third kappa shape index (κ3) is 8.31. The first-order valence-corrected chi connectivity index (χ1v) is 5.82. The van der Waals surface area contributed by atoms with E-state index in [2.05, 4.69) is 33.8 Å². The minimum atomic E-state index is 0.329. The molecule has 0 bridgehead atoms. The van der Waals surface area contributed by atoms with Crippen LogP contribution in [0.5, 0.6) is 0 Å². The fourth-order valence-corrected chi connectivity index (χ4v) is 1.71. The van der Waals surface area contributed by atoms with Gasteiger partial charge < -0.3 is 5.11 Å². The number of hydrogen-bond acceptors (Lipinski definition) is 1. The summed E-state index contributed by atoms with van der Waals surface area (Å²) < 4.78 is 0. The molecule has 0 aromatic rings. The molecule has 0 saturated heterocycles. The summed E-state index contributed by atoms with van der Waals surface area (Å²) in [6.45, 7) is 9.27. The van der Waals surface area contributed by atoms with Crippen molar-refractivity contribution in [3.63, 3.8) is 0 Å². The van der Waals surface area contributed by atoms with Crippen molar-refractivity contribution in [3.05, 3.63) is 11.6 Å². The Bertz CT molecular complexity index is 159. The smallest absolute Gasteiger partial charge is 0.0433 e. The second-order valence-electron chi connectivity index (χ2n) is 4.84. The van der Waals surface area contributed by atoms with E-state index in [1.165, 1.54) is 24.8 Å². The van der Waals surface area contributed by atoms with Crippen molar-refractivity contribution >= 4 is 0 Å². The molecule has 84 valence electrons. The highest BCUT2D eigenvalue weighted by atomic mass is 16.3. The lowest BCUT2D eigenvalue weighted by Crippen LogP contribution is -1.97. The van der Waals surface area contributed by atoms with Gasteiger partial charge in [0.15, 0.2) is 0 Å². The lowest BCUT2D eigenvalue weighted by atomic mass is 9.99.